The van der Waals surface area contributed by atoms with Crippen molar-refractivity contribution in [1.29, 1.82) is 0 Å². The molecule has 2 atom stereocenters. The first-order chi connectivity index (χ1) is 14.5. The number of hydrogen-bond acceptors (Lipinski definition) is 6. The summed E-state index contributed by atoms with van der Waals surface area (Å²) >= 11 is 1.10. The minimum Gasteiger partial charge on any atom is -0.494 e. The van der Waals surface area contributed by atoms with Gasteiger partial charge in [-0.2, -0.15) is 0 Å². The number of aryl methyl sites for hydroxylation is 3. The van der Waals surface area contributed by atoms with Gasteiger partial charge in [0.2, 0.25) is 11.8 Å². The van der Waals surface area contributed by atoms with Crippen molar-refractivity contribution in [3.8, 4) is 17.3 Å². The van der Waals surface area contributed by atoms with Gasteiger partial charge in [0.1, 0.15) is 11.5 Å². The van der Waals surface area contributed by atoms with Gasteiger partial charge in [0.25, 0.3) is 0 Å². The van der Waals surface area contributed by atoms with Gasteiger partial charge in [-0.05, 0) is 57.6 Å². The van der Waals surface area contributed by atoms with Gasteiger partial charge in [0, 0.05) is 5.56 Å². The van der Waals surface area contributed by atoms with Crippen LogP contribution in [0.25, 0.3) is 11.5 Å². The third-order valence-corrected chi connectivity index (χ3v) is 6.76. The lowest BCUT2D eigenvalue weighted by Crippen LogP contribution is -2.23. The number of ether oxygens (including phenoxy) is 1. The Morgan fingerprint density at radius 2 is 2.20 bits per heavy atom. The summed E-state index contributed by atoms with van der Waals surface area (Å²) < 4.78 is 12.1. The molecule has 1 aliphatic carbocycles. The fourth-order valence-electron chi connectivity index (χ4n) is 4.17. The van der Waals surface area contributed by atoms with E-state index in [1.54, 1.807) is 0 Å². The van der Waals surface area contributed by atoms with Gasteiger partial charge < -0.3 is 14.3 Å². The fourth-order valence-corrected chi connectivity index (χ4v) is 4.91. The van der Waals surface area contributed by atoms with Crippen LogP contribution in [-0.4, -0.2) is 21.2 Å². The van der Waals surface area contributed by atoms with Crippen molar-refractivity contribution >= 4 is 11.3 Å². The molecule has 160 valence electrons. The van der Waals surface area contributed by atoms with E-state index < -0.39 is 0 Å². The number of nitrogens with zero attached hydrogens (tertiary/aromatic N) is 1. The van der Waals surface area contributed by atoms with E-state index in [-0.39, 0.29) is 16.9 Å². The number of H-pyrrole nitrogens is 1. The molecule has 0 saturated heterocycles. The minimum atomic E-state index is -0.194. The Morgan fingerprint density at radius 1 is 1.33 bits per heavy atom. The van der Waals surface area contributed by atoms with Crippen LogP contribution < -0.4 is 4.87 Å². The van der Waals surface area contributed by atoms with Crippen LogP contribution in [0, 0.1) is 19.8 Å². The van der Waals surface area contributed by atoms with Crippen molar-refractivity contribution in [2.24, 2.45) is 5.92 Å². The maximum absolute atomic E-state index is 11.3. The lowest BCUT2D eigenvalue weighted by atomic mass is 9.84. The SMILES string of the molecule is Cc1cccc(-c2nc(COC3CCCC(CCc4sc(=O)[nH]c4O)C3)c(C)o2)c1. The van der Waals surface area contributed by atoms with Crippen molar-refractivity contribution in [2.75, 3.05) is 0 Å². The van der Waals surface area contributed by atoms with Gasteiger partial charge in [-0.1, -0.05) is 41.9 Å². The van der Waals surface area contributed by atoms with Crippen LogP contribution in [0.1, 0.15) is 54.0 Å². The van der Waals surface area contributed by atoms with Crippen LogP contribution in [0.5, 0.6) is 5.88 Å². The van der Waals surface area contributed by atoms with Gasteiger partial charge in [-0.3, -0.25) is 9.78 Å². The molecular formula is C23H28N2O4S. The molecule has 2 heterocycles. The predicted molar refractivity (Wildman–Crippen MR) is 117 cm³/mol. The van der Waals surface area contributed by atoms with Gasteiger partial charge in [-0.15, -0.1) is 0 Å². The van der Waals surface area contributed by atoms with E-state index >= 15 is 0 Å². The molecule has 2 N–H and O–H groups in total. The molecule has 0 spiro atoms. The molecule has 1 aromatic carbocycles. The molecule has 0 amide bonds. The molecule has 0 aliphatic heterocycles. The second kappa shape index (κ2) is 9.18. The highest BCUT2D eigenvalue weighted by molar-refractivity contribution is 7.09. The highest BCUT2D eigenvalue weighted by Gasteiger charge is 2.24. The molecule has 1 saturated carbocycles. The Kier molecular flexibility index (Phi) is 6.39. The number of hydrogen-bond donors (Lipinski definition) is 2. The van der Waals surface area contributed by atoms with Crippen molar-refractivity contribution in [3.63, 3.8) is 0 Å². The second-order valence-corrected chi connectivity index (χ2v) is 9.25. The smallest absolute Gasteiger partial charge is 0.307 e. The maximum Gasteiger partial charge on any atom is 0.307 e. The van der Waals surface area contributed by atoms with E-state index in [1.807, 2.05) is 19.1 Å². The summed E-state index contributed by atoms with van der Waals surface area (Å²) in [5, 5.41) is 9.76. The topological polar surface area (TPSA) is 88.3 Å². The molecular weight excluding hydrogens is 400 g/mol. The van der Waals surface area contributed by atoms with E-state index in [9.17, 15) is 9.90 Å². The molecule has 30 heavy (non-hydrogen) atoms. The van der Waals surface area contributed by atoms with E-state index in [4.69, 9.17) is 9.15 Å². The summed E-state index contributed by atoms with van der Waals surface area (Å²) in [7, 11) is 0. The van der Waals surface area contributed by atoms with Crippen LogP contribution in [0.15, 0.2) is 33.5 Å². The molecule has 6 nitrogen and oxygen atoms in total. The molecule has 1 aliphatic rings. The fraction of sp³-hybridized carbons (Fsp3) is 0.478. The molecule has 3 aromatic rings. The molecule has 0 bridgehead atoms. The van der Waals surface area contributed by atoms with E-state index in [2.05, 4.69) is 29.0 Å². The number of thiazole rings is 1. The highest BCUT2D eigenvalue weighted by Crippen LogP contribution is 2.32. The Morgan fingerprint density at radius 3 is 2.97 bits per heavy atom. The Hall–Kier alpha value is -2.38. The zero-order chi connectivity index (χ0) is 21.1. The summed E-state index contributed by atoms with van der Waals surface area (Å²) in [6.07, 6.45) is 6.26. The number of benzene rings is 1. The average Bonchev–Trinajstić information content (AvgIpc) is 3.26. The van der Waals surface area contributed by atoms with Crippen molar-refractivity contribution in [1.82, 2.24) is 9.97 Å². The zero-order valence-corrected chi connectivity index (χ0v) is 18.3. The van der Waals surface area contributed by atoms with Gasteiger partial charge in [0.05, 0.1) is 17.6 Å². The van der Waals surface area contributed by atoms with Crippen LogP contribution >= 0.6 is 11.3 Å². The predicted octanol–water partition coefficient (Wildman–Crippen LogP) is 5.12. The second-order valence-electron chi connectivity index (χ2n) is 8.18. The van der Waals surface area contributed by atoms with Crippen molar-refractivity contribution in [3.05, 3.63) is 55.8 Å². The highest BCUT2D eigenvalue weighted by atomic mass is 32.1. The molecule has 7 heteroatoms. The Balaban J connectivity index is 1.31. The van der Waals surface area contributed by atoms with Crippen molar-refractivity contribution < 1.29 is 14.3 Å². The third kappa shape index (κ3) is 5.02. The summed E-state index contributed by atoms with van der Waals surface area (Å²) in [5.74, 6) is 2.01. The summed E-state index contributed by atoms with van der Waals surface area (Å²) in [6.45, 7) is 4.45. The first-order valence-electron chi connectivity index (χ1n) is 10.5. The van der Waals surface area contributed by atoms with E-state index in [1.165, 1.54) is 12.0 Å². The Labute approximate surface area is 179 Å². The number of aromatic hydroxyl groups is 1. The quantitative estimate of drug-likeness (QED) is 0.545. The average molecular weight is 429 g/mol. The number of rotatable bonds is 7. The van der Waals surface area contributed by atoms with Gasteiger partial charge in [0.15, 0.2) is 0 Å². The van der Waals surface area contributed by atoms with Crippen LogP contribution in [0.4, 0.5) is 0 Å². The monoisotopic (exact) mass is 428 g/mol. The molecule has 2 unspecified atom stereocenters. The van der Waals surface area contributed by atoms with Crippen LogP contribution in [-0.2, 0) is 17.8 Å². The molecule has 1 fully saturated rings. The van der Waals surface area contributed by atoms with Crippen LogP contribution in [0.2, 0.25) is 0 Å². The third-order valence-electron chi connectivity index (χ3n) is 5.83. The van der Waals surface area contributed by atoms with Crippen LogP contribution in [0.3, 0.4) is 0 Å². The lowest BCUT2D eigenvalue weighted by Gasteiger charge is -2.29. The van der Waals surface area contributed by atoms with E-state index in [0.717, 1.165) is 65.3 Å². The largest absolute Gasteiger partial charge is 0.494 e. The summed E-state index contributed by atoms with van der Waals surface area (Å²) in [4.78, 5) is 19.0. The summed E-state index contributed by atoms with van der Waals surface area (Å²) in [5.41, 5.74) is 3.02. The minimum absolute atomic E-state index is 0.0273. The Bertz CT molecular complexity index is 1050. The lowest BCUT2D eigenvalue weighted by molar-refractivity contribution is -0.000494. The summed E-state index contributed by atoms with van der Waals surface area (Å²) in [6, 6.07) is 8.14. The number of aromatic nitrogens is 2. The first kappa shape index (κ1) is 20.9. The molecule has 4 rings (SSSR count). The number of nitrogens with one attached hydrogen (secondary N) is 1. The van der Waals surface area contributed by atoms with E-state index in [0.29, 0.717) is 18.4 Å². The maximum atomic E-state index is 11.3. The van der Waals surface area contributed by atoms with Gasteiger partial charge >= 0.3 is 4.87 Å². The number of aromatic amines is 1. The molecule has 2 aromatic heterocycles. The zero-order valence-electron chi connectivity index (χ0n) is 17.4. The van der Waals surface area contributed by atoms with Gasteiger partial charge in [-0.25, -0.2) is 4.98 Å². The normalized spacial score (nSPS) is 19.3. The standard InChI is InChI=1S/C23H28N2O4S/c1-14-5-3-7-17(11-14)22-24-19(15(2)29-22)13-28-18-8-4-6-16(12-18)9-10-20-21(26)25-23(27)30-20/h3,5,7,11,16,18,26H,4,6,8-10,12-13H2,1-2H3,(H,25,27). The molecule has 0 radical (unpaired) electrons. The van der Waals surface area contributed by atoms with Crippen molar-refractivity contribution in [2.45, 2.75) is 65.1 Å². The number of oxazole rings is 1. The first-order valence-corrected chi connectivity index (χ1v) is 11.4.